The molecular weight excluding hydrogens is 288 g/mol. The van der Waals surface area contributed by atoms with E-state index in [1.54, 1.807) is 18.2 Å². The molecule has 2 aromatic rings. The van der Waals surface area contributed by atoms with Gasteiger partial charge in [-0.15, -0.1) is 0 Å². The van der Waals surface area contributed by atoms with E-state index >= 15 is 0 Å². The number of amides is 1. The Morgan fingerprint density at radius 2 is 2.19 bits per heavy atom. The predicted molar refractivity (Wildman–Crippen MR) is 82.3 cm³/mol. The van der Waals surface area contributed by atoms with Crippen LogP contribution in [0.3, 0.4) is 0 Å². The van der Waals surface area contributed by atoms with E-state index < -0.39 is 5.91 Å². The number of aromatic nitrogens is 2. The highest BCUT2D eigenvalue weighted by atomic mass is 32.2. The summed E-state index contributed by atoms with van der Waals surface area (Å²) in [5, 5.41) is 0.444. The molecule has 0 atom stereocenters. The summed E-state index contributed by atoms with van der Waals surface area (Å²) in [6, 6.07) is 6.48. The summed E-state index contributed by atoms with van der Waals surface area (Å²) in [4.78, 5) is 30.6. The molecule has 21 heavy (non-hydrogen) atoms. The Labute approximate surface area is 126 Å². The number of anilines is 1. The van der Waals surface area contributed by atoms with Gasteiger partial charge >= 0.3 is 0 Å². The Balaban J connectivity index is 2.36. The zero-order valence-corrected chi connectivity index (χ0v) is 12.4. The van der Waals surface area contributed by atoms with Crippen molar-refractivity contribution < 1.29 is 4.79 Å². The lowest BCUT2D eigenvalue weighted by Gasteiger charge is -2.08. The highest BCUT2D eigenvalue weighted by Gasteiger charge is 2.12. The van der Waals surface area contributed by atoms with E-state index in [9.17, 15) is 9.59 Å². The van der Waals surface area contributed by atoms with Gasteiger partial charge in [0.15, 0.2) is 5.16 Å². The first-order valence-corrected chi connectivity index (χ1v) is 7.29. The molecule has 1 heterocycles. The standard InChI is InChI=1S/C14H16N4O2S/c1-2-4-8-7-11(19)18-14(17-8)21-10-6-3-5-9(12(10)15)13(16)20/h3,5-7H,2,4,15H2,1H3,(H2,16,20)(H,17,18,19). The van der Waals surface area contributed by atoms with E-state index in [4.69, 9.17) is 11.5 Å². The number of hydrogen-bond donors (Lipinski definition) is 3. The molecule has 1 amide bonds. The van der Waals surface area contributed by atoms with Crippen LogP contribution in [0.25, 0.3) is 0 Å². The Kier molecular flexibility index (Phi) is 4.64. The third-order valence-corrected chi connectivity index (χ3v) is 3.78. The second-order valence-electron chi connectivity index (χ2n) is 4.48. The van der Waals surface area contributed by atoms with Crippen LogP contribution in [-0.4, -0.2) is 15.9 Å². The van der Waals surface area contributed by atoms with Crippen molar-refractivity contribution in [3.05, 3.63) is 45.9 Å². The van der Waals surface area contributed by atoms with Crippen LogP contribution in [0.2, 0.25) is 0 Å². The third kappa shape index (κ3) is 3.63. The summed E-state index contributed by atoms with van der Waals surface area (Å²) in [6.45, 7) is 2.02. The monoisotopic (exact) mass is 304 g/mol. The number of nitrogens with two attached hydrogens (primary N) is 2. The molecule has 0 bridgehead atoms. The summed E-state index contributed by atoms with van der Waals surface area (Å²) in [7, 11) is 0. The number of rotatable bonds is 5. The number of aromatic amines is 1. The fourth-order valence-corrected chi connectivity index (χ4v) is 2.76. The Morgan fingerprint density at radius 3 is 2.86 bits per heavy atom. The van der Waals surface area contributed by atoms with Crippen molar-refractivity contribution in [2.45, 2.75) is 29.8 Å². The smallest absolute Gasteiger partial charge is 0.251 e. The number of nitrogens with zero attached hydrogens (tertiary/aromatic N) is 1. The summed E-state index contributed by atoms with van der Waals surface area (Å²) in [5.74, 6) is -0.587. The molecule has 0 aliphatic rings. The number of benzene rings is 1. The van der Waals surface area contributed by atoms with E-state index in [0.29, 0.717) is 15.7 Å². The van der Waals surface area contributed by atoms with Crippen LogP contribution in [0.1, 0.15) is 29.4 Å². The largest absolute Gasteiger partial charge is 0.397 e. The molecule has 110 valence electrons. The van der Waals surface area contributed by atoms with Crippen molar-refractivity contribution in [1.82, 2.24) is 9.97 Å². The minimum absolute atomic E-state index is 0.208. The molecule has 0 saturated heterocycles. The van der Waals surface area contributed by atoms with Gasteiger partial charge in [0, 0.05) is 16.7 Å². The summed E-state index contributed by atoms with van der Waals surface area (Å²) < 4.78 is 0. The van der Waals surface area contributed by atoms with Gasteiger partial charge in [0.2, 0.25) is 0 Å². The summed E-state index contributed by atoms with van der Waals surface area (Å²) >= 11 is 1.20. The molecular formula is C14H16N4O2S. The molecule has 2 rings (SSSR count). The molecule has 5 N–H and O–H groups in total. The number of H-pyrrole nitrogens is 1. The maximum absolute atomic E-state index is 11.6. The number of primary amides is 1. The molecule has 1 aromatic heterocycles. The molecule has 6 nitrogen and oxygen atoms in total. The van der Waals surface area contributed by atoms with Crippen LogP contribution in [0.5, 0.6) is 0 Å². The van der Waals surface area contributed by atoms with Gasteiger partial charge in [-0.05, 0) is 30.3 Å². The maximum Gasteiger partial charge on any atom is 0.251 e. The quantitative estimate of drug-likeness (QED) is 0.572. The molecule has 0 aliphatic carbocycles. The second kappa shape index (κ2) is 6.45. The average Bonchev–Trinajstić information content (AvgIpc) is 2.40. The van der Waals surface area contributed by atoms with Crippen LogP contribution in [0.15, 0.2) is 39.1 Å². The molecule has 0 saturated carbocycles. The van der Waals surface area contributed by atoms with Gasteiger partial charge in [0.05, 0.1) is 11.3 Å². The van der Waals surface area contributed by atoms with Gasteiger partial charge < -0.3 is 16.5 Å². The predicted octanol–water partition coefficient (Wildman–Crippen LogP) is 1.55. The van der Waals surface area contributed by atoms with Crippen molar-refractivity contribution in [1.29, 1.82) is 0 Å². The SMILES string of the molecule is CCCc1cc(=O)[nH]c(Sc2cccc(C(N)=O)c2N)n1. The van der Waals surface area contributed by atoms with Crippen molar-refractivity contribution in [2.24, 2.45) is 5.73 Å². The number of carbonyl (C=O) groups excluding carboxylic acids is 1. The normalized spacial score (nSPS) is 10.5. The Bertz CT molecular complexity index is 727. The highest BCUT2D eigenvalue weighted by molar-refractivity contribution is 7.99. The molecule has 0 spiro atoms. The fraction of sp³-hybridized carbons (Fsp3) is 0.214. The van der Waals surface area contributed by atoms with E-state index in [1.165, 1.54) is 17.8 Å². The second-order valence-corrected chi connectivity index (χ2v) is 5.51. The first-order chi connectivity index (χ1) is 10.0. The molecule has 1 aromatic carbocycles. The average molecular weight is 304 g/mol. The minimum atomic E-state index is -0.587. The first-order valence-electron chi connectivity index (χ1n) is 6.47. The van der Waals surface area contributed by atoms with Crippen molar-refractivity contribution in [2.75, 3.05) is 5.73 Å². The Hall–Kier alpha value is -2.28. The van der Waals surface area contributed by atoms with E-state index in [1.807, 2.05) is 6.92 Å². The van der Waals surface area contributed by atoms with E-state index in [-0.39, 0.29) is 11.1 Å². The van der Waals surface area contributed by atoms with Crippen molar-refractivity contribution in [3.63, 3.8) is 0 Å². The lowest BCUT2D eigenvalue weighted by Crippen LogP contribution is -2.14. The zero-order valence-electron chi connectivity index (χ0n) is 11.6. The highest BCUT2D eigenvalue weighted by Crippen LogP contribution is 2.31. The molecule has 0 fully saturated rings. The topological polar surface area (TPSA) is 115 Å². The first kappa shape index (κ1) is 15.1. The number of hydrogen-bond acceptors (Lipinski definition) is 5. The van der Waals surface area contributed by atoms with E-state index in [2.05, 4.69) is 9.97 Å². The van der Waals surface area contributed by atoms with Crippen LogP contribution in [0.4, 0.5) is 5.69 Å². The molecule has 0 unspecified atom stereocenters. The number of para-hydroxylation sites is 1. The van der Waals surface area contributed by atoms with Crippen LogP contribution < -0.4 is 17.0 Å². The Morgan fingerprint density at radius 1 is 1.43 bits per heavy atom. The number of nitrogen functional groups attached to an aromatic ring is 1. The van der Waals surface area contributed by atoms with Crippen molar-refractivity contribution >= 4 is 23.4 Å². The minimum Gasteiger partial charge on any atom is -0.397 e. The molecule has 7 heteroatoms. The van der Waals surface area contributed by atoms with Crippen LogP contribution in [-0.2, 0) is 6.42 Å². The van der Waals surface area contributed by atoms with Gasteiger partial charge in [-0.2, -0.15) is 0 Å². The summed E-state index contributed by atoms with van der Waals surface area (Å²) in [6.07, 6.45) is 1.63. The lowest BCUT2D eigenvalue weighted by molar-refractivity contribution is 0.100. The maximum atomic E-state index is 11.6. The number of carbonyl (C=O) groups is 1. The van der Waals surface area contributed by atoms with Gasteiger partial charge in [0.25, 0.3) is 11.5 Å². The number of nitrogens with one attached hydrogen (secondary N) is 1. The molecule has 0 aliphatic heterocycles. The van der Waals surface area contributed by atoms with Gasteiger partial charge in [-0.1, -0.05) is 19.4 Å². The zero-order chi connectivity index (χ0) is 15.4. The molecule has 0 radical (unpaired) electrons. The van der Waals surface area contributed by atoms with Crippen molar-refractivity contribution in [3.8, 4) is 0 Å². The lowest BCUT2D eigenvalue weighted by atomic mass is 10.2. The van der Waals surface area contributed by atoms with Gasteiger partial charge in [-0.25, -0.2) is 4.98 Å². The van der Waals surface area contributed by atoms with Gasteiger partial charge in [-0.3, -0.25) is 9.59 Å². The van der Waals surface area contributed by atoms with Gasteiger partial charge in [0.1, 0.15) is 0 Å². The van der Waals surface area contributed by atoms with Crippen LogP contribution >= 0.6 is 11.8 Å². The number of aryl methyl sites for hydroxylation is 1. The van der Waals surface area contributed by atoms with Crippen LogP contribution in [0, 0.1) is 0 Å². The van der Waals surface area contributed by atoms with E-state index in [0.717, 1.165) is 18.5 Å². The summed E-state index contributed by atoms with van der Waals surface area (Å²) in [5.41, 5.74) is 12.3. The fourth-order valence-electron chi connectivity index (χ4n) is 1.87. The third-order valence-electron chi connectivity index (χ3n) is 2.82.